The maximum absolute atomic E-state index is 13.2. The van der Waals surface area contributed by atoms with Gasteiger partial charge in [-0.1, -0.05) is 62.3 Å². The fourth-order valence-electron chi connectivity index (χ4n) is 1.42. The van der Waals surface area contributed by atoms with Crippen molar-refractivity contribution in [1.82, 2.24) is 9.55 Å². The van der Waals surface area contributed by atoms with Gasteiger partial charge in [0.1, 0.15) is 17.1 Å². The standard InChI is InChI=1S/C10H4BrCl4FN2OS/c11-5-1-6(12)9(7(13)2-5)18-3-8(17-4-18)20(19)10(14,15)16/h1-4H. The van der Waals surface area contributed by atoms with Gasteiger partial charge in [-0.15, -0.1) is 0 Å². The highest BCUT2D eigenvalue weighted by Gasteiger charge is 2.34. The maximum Gasteiger partial charge on any atom is 0.338 e. The summed E-state index contributed by atoms with van der Waals surface area (Å²) in [6.07, 6.45) is 2.57. The zero-order valence-electron chi connectivity index (χ0n) is 9.29. The predicted octanol–water partition coefficient (Wildman–Crippen LogP) is 5.11. The highest BCUT2D eigenvalue weighted by molar-refractivity contribution is 9.10. The van der Waals surface area contributed by atoms with Crippen LogP contribution in [0.4, 0.5) is 4.39 Å². The Kier molecular flexibility index (Phi) is 5.04. The first-order valence-electron chi connectivity index (χ1n) is 4.87. The SMILES string of the molecule is O=S(c1cn(-c2c(Cl)cc(Br)cc2Cl)cn1)C(F)(Cl)Cl. The molecule has 1 heterocycles. The summed E-state index contributed by atoms with van der Waals surface area (Å²) in [6, 6.07) is 3.25. The van der Waals surface area contributed by atoms with Crippen LogP contribution in [0, 0.1) is 0 Å². The highest BCUT2D eigenvalue weighted by atomic mass is 79.9. The summed E-state index contributed by atoms with van der Waals surface area (Å²) in [5.74, 6) is 0. The average molecular weight is 441 g/mol. The number of nitrogens with zero attached hydrogens (tertiary/aromatic N) is 2. The molecule has 1 aromatic carbocycles. The molecule has 2 rings (SSSR count). The van der Waals surface area contributed by atoms with Gasteiger partial charge in [-0.3, -0.25) is 0 Å². The Morgan fingerprint density at radius 3 is 2.35 bits per heavy atom. The fraction of sp³-hybridized carbons (Fsp3) is 0.100. The molecule has 0 N–H and O–H groups in total. The van der Waals surface area contributed by atoms with Crippen LogP contribution in [0.1, 0.15) is 0 Å². The van der Waals surface area contributed by atoms with E-state index in [-0.39, 0.29) is 5.03 Å². The van der Waals surface area contributed by atoms with E-state index >= 15 is 0 Å². The minimum Gasteiger partial charge on any atom is -0.302 e. The highest BCUT2D eigenvalue weighted by Crippen LogP contribution is 2.34. The molecule has 10 heteroatoms. The largest absolute Gasteiger partial charge is 0.338 e. The summed E-state index contributed by atoms with van der Waals surface area (Å²) in [4.78, 5) is 3.79. The van der Waals surface area contributed by atoms with Crippen LogP contribution in [0.2, 0.25) is 10.0 Å². The van der Waals surface area contributed by atoms with Crippen LogP contribution < -0.4 is 0 Å². The molecule has 0 saturated heterocycles. The molecule has 1 aromatic heterocycles. The van der Waals surface area contributed by atoms with Crippen molar-refractivity contribution in [1.29, 1.82) is 0 Å². The van der Waals surface area contributed by atoms with Crippen molar-refractivity contribution in [3.8, 4) is 5.69 Å². The van der Waals surface area contributed by atoms with Crippen molar-refractivity contribution in [3.05, 3.63) is 39.2 Å². The van der Waals surface area contributed by atoms with Crippen molar-refractivity contribution in [2.24, 2.45) is 0 Å². The number of alkyl halides is 3. The van der Waals surface area contributed by atoms with Gasteiger partial charge < -0.3 is 4.57 Å². The monoisotopic (exact) mass is 438 g/mol. The second-order valence-corrected chi connectivity index (χ2v) is 8.48. The van der Waals surface area contributed by atoms with Crippen LogP contribution in [0.5, 0.6) is 0 Å². The lowest BCUT2D eigenvalue weighted by Gasteiger charge is -2.08. The van der Waals surface area contributed by atoms with E-state index in [1.165, 1.54) is 17.1 Å². The van der Waals surface area contributed by atoms with E-state index in [1.54, 1.807) is 12.1 Å². The number of rotatable bonds is 3. The van der Waals surface area contributed by atoms with E-state index in [4.69, 9.17) is 46.4 Å². The van der Waals surface area contributed by atoms with Crippen molar-refractivity contribution < 1.29 is 8.60 Å². The lowest BCUT2D eigenvalue weighted by atomic mass is 10.3. The average Bonchev–Trinajstić information content (AvgIpc) is 2.74. The molecule has 0 radical (unpaired) electrons. The molecular formula is C10H4BrCl4FN2OS. The molecule has 0 amide bonds. The second kappa shape index (κ2) is 6.10. The Hall–Kier alpha value is 0.150. The Morgan fingerprint density at radius 1 is 1.30 bits per heavy atom. The summed E-state index contributed by atoms with van der Waals surface area (Å²) in [6.45, 7) is 0. The molecule has 1 unspecified atom stereocenters. The Bertz CT molecular complexity index is 665. The first-order chi connectivity index (χ1) is 9.20. The van der Waals surface area contributed by atoms with Crippen molar-refractivity contribution >= 4 is 73.1 Å². The summed E-state index contributed by atoms with van der Waals surface area (Å²) in [5, 5.41) is 0.539. The zero-order chi connectivity index (χ0) is 15.1. The minimum atomic E-state index is -2.92. The number of hydrogen-bond donors (Lipinski definition) is 0. The lowest BCUT2D eigenvalue weighted by molar-refractivity contribution is 0.497. The Balaban J connectivity index is 2.47. The van der Waals surface area contributed by atoms with Gasteiger partial charge in [-0.2, -0.15) is 4.39 Å². The molecular weight excluding hydrogens is 437 g/mol. The molecule has 0 saturated carbocycles. The van der Waals surface area contributed by atoms with E-state index in [0.717, 1.165) is 0 Å². The molecule has 20 heavy (non-hydrogen) atoms. The third kappa shape index (κ3) is 3.48. The van der Waals surface area contributed by atoms with Gasteiger partial charge >= 0.3 is 3.92 Å². The second-order valence-electron chi connectivity index (χ2n) is 3.55. The zero-order valence-corrected chi connectivity index (χ0v) is 14.7. The van der Waals surface area contributed by atoms with Crippen LogP contribution in [-0.2, 0) is 10.8 Å². The van der Waals surface area contributed by atoms with Gasteiger partial charge in [0.05, 0.1) is 15.7 Å². The van der Waals surface area contributed by atoms with E-state index in [0.29, 0.717) is 20.2 Å². The normalized spacial score (nSPS) is 13.5. The van der Waals surface area contributed by atoms with Crippen LogP contribution in [-0.4, -0.2) is 17.7 Å². The van der Waals surface area contributed by atoms with Crippen molar-refractivity contribution in [3.63, 3.8) is 0 Å². The first-order valence-corrected chi connectivity index (χ1v) is 8.33. The number of halogens is 6. The van der Waals surface area contributed by atoms with Crippen LogP contribution in [0.3, 0.4) is 0 Å². The van der Waals surface area contributed by atoms with Crippen LogP contribution in [0.15, 0.2) is 34.2 Å². The minimum absolute atomic E-state index is 0.132. The van der Waals surface area contributed by atoms with E-state index in [9.17, 15) is 8.60 Å². The number of benzene rings is 1. The molecule has 2 aromatic rings. The Labute approximate surface area is 144 Å². The maximum atomic E-state index is 13.2. The van der Waals surface area contributed by atoms with Crippen molar-refractivity contribution in [2.45, 2.75) is 8.95 Å². The van der Waals surface area contributed by atoms with E-state index in [2.05, 4.69) is 20.9 Å². The Morgan fingerprint density at radius 2 is 1.85 bits per heavy atom. The molecule has 0 aliphatic carbocycles. The summed E-state index contributed by atoms with van der Waals surface area (Å²) in [7, 11) is -2.33. The van der Waals surface area contributed by atoms with Gasteiger partial charge in [0.2, 0.25) is 0 Å². The lowest BCUT2D eigenvalue weighted by Crippen LogP contribution is -2.13. The summed E-state index contributed by atoms with van der Waals surface area (Å²) in [5.41, 5.74) is 0.417. The summed E-state index contributed by atoms with van der Waals surface area (Å²) < 4.78 is 24.1. The molecule has 1 atom stereocenters. The van der Waals surface area contributed by atoms with Gasteiger partial charge in [0.25, 0.3) is 0 Å². The molecule has 0 fully saturated rings. The predicted molar refractivity (Wildman–Crippen MR) is 83.2 cm³/mol. The molecule has 108 valence electrons. The molecule has 0 aliphatic rings. The van der Waals surface area contributed by atoms with Gasteiger partial charge in [-0.25, -0.2) is 9.19 Å². The van der Waals surface area contributed by atoms with Crippen LogP contribution in [0.25, 0.3) is 5.69 Å². The van der Waals surface area contributed by atoms with Gasteiger partial charge in [-0.05, 0) is 12.1 Å². The number of hydrogen-bond acceptors (Lipinski definition) is 2. The number of aromatic nitrogens is 2. The quantitative estimate of drug-likeness (QED) is 0.622. The molecule has 0 aliphatic heterocycles. The number of imidazole rings is 1. The third-order valence-corrected chi connectivity index (χ3v) is 5.09. The third-order valence-electron chi connectivity index (χ3n) is 2.20. The smallest absolute Gasteiger partial charge is 0.302 e. The topological polar surface area (TPSA) is 34.9 Å². The molecule has 3 nitrogen and oxygen atoms in total. The van der Waals surface area contributed by atoms with Gasteiger partial charge in [0.15, 0.2) is 5.03 Å². The van der Waals surface area contributed by atoms with E-state index in [1.807, 2.05) is 0 Å². The van der Waals surface area contributed by atoms with Crippen LogP contribution >= 0.6 is 62.3 Å². The van der Waals surface area contributed by atoms with Crippen molar-refractivity contribution in [2.75, 3.05) is 0 Å². The van der Waals surface area contributed by atoms with Gasteiger partial charge in [0, 0.05) is 10.7 Å². The fourth-order valence-corrected chi connectivity index (χ4v) is 3.89. The molecule has 0 spiro atoms. The molecule has 0 bridgehead atoms. The summed E-state index contributed by atoms with van der Waals surface area (Å²) >= 11 is 25.7. The first kappa shape index (κ1) is 16.5. The van der Waals surface area contributed by atoms with E-state index < -0.39 is 14.7 Å².